The van der Waals surface area contributed by atoms with Gasteiger partial charge >= 0.3 is 0 Å². The minimum absolute atomic E-state index is 0.697. The largest absolute Gasteiger partial charge is 0.355 e. The summed E-state index contributed by atoms with van der Waals surface area (Å²) in [6.07, 6.45) is 6.70. The first-order valence-corrected chi connectivity index (χ1v) is 7.54. The summed E-state index contributed by atoms with van der Waals surface area (Å²) in [5.41, 5.74) is 0. The average Bonchev–Trinajstić information content (AvgIpc) is 2.94. The van der Waals surface area contributed by atoms with Crippen LogP contribution in [0.2, 0.25) is 0 Å². The third-order valence-electron chi connectivity index (χ3n) is 4.27. The first kappa shape index (κ1) is 13.7. The van der Waals surface area contributed by atoms with Gasteiger partial charge in [-0.25, -0.2) is 0 Å². The maximum atomic E-state index is 4.42. The Morgan fingerprint density at radius 3 is 2.56 bits per heavy atom. The molecule has 0 radical (unpaired) electrons. The van der Waals surface area contributed by atoms with Crippen molar-refractivity contribution in [3.05, 3.63) is 0 Å². The molecule has 4 nitrogen and oxygen atoms in total. The average molecular weight is 252 g/mol. The highest BCUT2D eigenvalue weighted by Gasteiger charge is 2.22. The highest BCUT2D eigenvalue weighted by Crippen LogP contribution is 2.16. The Labute approximate surface area is 111 Å². The van der Waals surface area contributed by atoms with Gasteiger partial charge in [-0.2, -0.15) is 0 Å². The third-order valence-corrected chi connectivity index (χ3v) is 4.27. The van der Waals surface area contributed by atoms with Crippen LogP contribution < -0.4 is 5.32 Å². The molecule has 1 unspecified atom stereocenters. The summed E-state index contributed by atoms with van der Waals surface area (Å²) in [4.78, 5) is 9.41. The van der Waals surface area contributed by atoms with E-state index >= 15 is 0 Å². The molecule has 1 atom stereocenters. The zero-order valence-electron chi connectivity index (χ0n) is 12.0. The van der Waals surface area contributed by atoms with Crippen LogP contribution in [-0.4, -0.2) is 61.6 Å². The molecule has 0 amide bonds. The smallest absolute Gasteiger partial charge is 0.193 e. The van der Waals surface area contributed by atoms with Crippen molar-refractivity contribution in [1.29, 1.82) is 0 Å². The van der Waals surface area contributed by atoms with Gasteiger partial charge in [0.05, 0.1) is 0 Å². The van der Waals surface area contributed by atoms with Crippen molar-refractivity contribution in [3.8, 4) is 0 Å². The Hall–Kier alpha value is -0.770. The Morgan fingerprint density at radius 1 is 1.17 bits per heavy atom. The lowest BCUT2D eigenvalue weighted by molar-refractivity contribution is 0.157. The van der Waals surface area contributed by atoms with Crippen molar-refractivity contribution >= 4 is 5.96 Å². The van der Waals surface area contributed by atoms with Gasteiger partial charge in [-0.15, -0.1) is 0 Å². The van der Waals surface area contributed by atoms with Crippen LogP contribution in [-0.2, 0) is 0 Å². The van der Waals surface area contributed by atoms with Gasteiger partial charge in [-0.1, -0.05) is 13.3 Å². The third kappa shape index (κ3) is 3.37. The van der Waals surface area contributed by atoms with Crippen LogP contribution >= 0.6 is 0 Å². The molecule has 0 aromatic carbocycles. The van der Waals surface area contributed by atoms with E-state index in [-0.39, 0.29) is 0 Å². The molecule has 4 heteroatoms. The molecule has 0 saturated carbocycles. The van der Waals surface area contributed by atoms with Crippen LogP contribution in [0, 0.1) is 0 Å². The number of hydrogen-bond donors (Lipinski definition) is 1. The predicted octanol–water partition coefficient (Wildman–Crippen LogP) is 1.53. The van der Waals surface area contributed by atoms with Gasteiger partial charge in [-0.3, -0.25) is 9.89 Å². The summed E-state index contributed by atoms with van der Waals surface area (Å²) >= 11 is 0. The van der Waals surface area contributed by atoms with E-state index in [0.717, 1.165) is 12.5 Å². The first-order valence-electron chi connectivity index (χ1n) is 7.54. The van der Waals surface area contributed by atoms with Crippen molar-refractivity contribution < 1.29 is 0 Å². The summed E-state index contributed by atoms with van der Waals surface area (Å²) in [6, 6.07) is 0.697. The van der Waals surface area contributed by atoms with Gasteiger partial charge in [-0.05, 0) is 38.8 Å². The van der Waals surface area contributed by atoms with Crippen molar-refractivity contribution in [2.24, 2.45) is 4.99 Å². The van der Waals surface area contributed by atoms with Gasteiger partial charge in [0, 0.05) is 32.7 Å². The molecular formula is C14H28N4. The lowest BCUT2D eigenvalue weighted by atomic mass is 10.0. The number of likely N-dealkylation sites (tertiary alicyclic amines) is 2. The number of aliphatic imine (C=N–C) groups is 1. The van der Waals surface area contributed by atoms with Crippen LogP contribution in [0.25, 0.3) is 0 Å². The van der Waals surface area contributed by atoms with E-state index in [1.165, 1.54) is 58.3 Å². The second-order valence-corrected chi connectivity index (χ2v) is 5.40. The number of guanidine groups is 1. The molecular weight excluding hydrogens is 224 g/mol. The molecule has 0 aliphatic carbocycles. The molecule has 104 valence electrons. The normalized spacial score (nSPS) is 26.7. The van der Waals surface area contributed by atoms with E-state index in [9.17, 15) is 0 Å². The number of nitrogens with zero attached hydrogens (tertiary/aromatic N) is 3. The van der Waals surface area contributed by atoms with Gasteiger partial charge in [0.15, 0.2) is 5.96 Å². The van der Waals surface area contributed by atoms with Crippen molar-refractivity contribution in [2.75, 3.05) is 39.8 Å². The number of piperidine rings is 1. The quantitative estimate of drug-likeness (QED) is 0.610. The zero-order valence-corrected chi connectivity index (χ0v) is 12.0. The van der Waals surface area contributed by atoms with Gasteiger partial charge in [0.1, 0.15) is 0 Å². The number of hydrogen-bond acceptors (Lipinski definition) is 2. The van der Waals surface area contributed by atoms with E-state index in [1.54, 1.807) is 0 Å². The summed E-state index contributed by atoms with van der Waals surface area (Å²) < 4.78 is 0. The predicted molar refractivity (Wildman–Crippen MR) is 77.1 cm³/mol. The molecule has 0 aromatic heterocycles. The standard InChI is InChI=1S/C14H28N4/c1-3-17-9-5-4-8-13(17)12-16-14(15-2)18-10-6-7-11-18/h13H,3-12H2,1-2H3,(H,15,16). The Balaban J connectivity index is 1.81. The molecule has 0 spiro atoms. The molecule has 2 heterocycles. The highest BCUT2D eigenvalue weighted by molar-refractivity contribution is 5.80. The Bertz CT molecular complexity index is 271. The molecule has 1 N–H and O–H groups in total. The van der Waals surface area contributed by atoms with Crippen LogP contribution in [0.5, 0.6) is 0 Å². The van der Waals surface area contributed by atoms with Crippen LogP contribution in [0.1, 0.15) is 39.0 Å². The monoisotopic (exact) mass is 252 g/mol. The van der Waals surface area contributed by atoms with Crippen LogP contribution in [0.3, 0.4) is 0 Å². The Morgan fingerprint density at radius 2 is 1.89 bits per heavy atom. The molecule has 2 fully saturated rings. The molecule has 18 heavy (non-hydrogen) atoms. The lowest BCUT2D eigenvalue weighted by Gasteiger charge is -2.35. The lowest BCUT2D eigenvalue weighted by Crippen LogP contribution is -2.49. The molecule has 0 aromatic rings. The maximum Gasteiger partial charge on any atom is 0.193 e. The van der Waals surface area contributed by atoms with Crippen LogP contribution in [0.15, 0.2) is 4.99 Å². The van der Waals surface area contributed by atoms with E-state index in [0.29, 0.717) is 6.04 Å². The Kier molecular flexibility index (Phi) is 5.29. The van der Waals surface area contributed by atoms with E-state index < -0.39 is 0 Å². The summed E-state index contributed by atoms with van der Waals surface area (Å²) in [5, 5.41) is 3.58. The topological polar surface area (TPSA) is 30.9 Å². The van der Waals surface area contributed by atoms with E-state index in [4.69, 9.17) is 0 Å². The van der Waals surface area contributed by atoms with Gasteiger partial charge in [0.25, 0.3) is 0 Å². The SMILES string of the molecule is CCN1CCCCC1CNC(=NC)N1CCCC1. The van der Waals surface area contributed by atoms with E-state index in [1.807, 2.05) is 7.05 Å². The first-order chi connectivity index (χ1) is 8.85. The van der Waals surface area contributed by atoms with Crippen LogP contribution in [0.4, 0.5) is 0 Å². The minimum atomic E-state index is 0.697. The fourth-order valence-electron chi connectivity index (χ4n) is 3.18. The zero-order chi connectivity index (χ0) is 12.8. The van der Waals surface area contributed by atoms with E-state index in [2.05, 4.69) is 27.0 Å². The minimum Gasteiger partial charge on any atom is -0.355 e. The van der Waals surface area contributed by atoms with Crippen molar-refractivity contribution in [1.82, 2.24) is 15.1 Å². The summed E-state index contributed by atoms with van der Waals surface area (Å²) in [5.74, 6) is 1.11. The maximum absolute atomic E-state index is 4.42. The van der Waals surface area contributed by atoms with Crippen molar-refractivity contribution in [3.63, 3.8) is 0 Å². The number of nitrogens with one attached hydrogen (secondary N) is 1. The second-order valence-electron chi connectivity index (χ2n) is 5.40. The molecule has 2 rings (SSSR count). The fraction of sp³-hybridized carbons (Fsp3) is 0.929. The van der Waals surface area contributed by atoms with Gasteiger partial charge < -0.3 is 10.2 Å². The molecule has 2 saturated heterocycles. The summed E-state index contributed by atoms with van der Waals surface area (Å²) in [7, 11) is 1.90. The molecule has 0 bridgehead atoms. The second kappa shape index (κ2) is 6.98. The number of likely N-dealkylation sites (N-methyl/N-ethyl adjacent to an activating group) is 1. The molecule has 2 aliphatic heterocycles. The van der Waals surface area contributed by atoms with Gasteiger partial charge in [0.2, 0.25) is 0 Å². The fourth-order valence-corrected chi connectivity index (χ4v) is 3.18. The highest BCUT2D eigenvalue weighted by atomic mass is 15.3. The molecule has 2 aliphatic rings. The van der Waals surface area contributed by atoms with Crippen molar-refractivity contribution in [2.45, 2.75) is 45.1 Å². The number of rotatable bonds is 3. The summed E-state index contributed by atoms with van der Waals surface area (Å²) in [6.45, 7) is 8.11.